The van der Waals surface area contributed by atoms with Crippen LogP contribution in [0.3, 0.4) is 0 Å². The fourth-order valence-corrected chi connectivity index (χ4v) is 3.34. The third-order valence-corrected chi connectivity index (χ3v) is 5.26. The number of rotatable bonds is 6. The maximum absolute atomic E-state index is 4.84. The second kappa shape index (κ2) is 7.30. The van der Waals surface area contributed by atoms with E-state index in [-0.39, 0.29) is 0 Å². The zero-order valence-corrected chi connectivity index (χ0v) is 13.5. The van der Waals surface area contributed by atoms with E-state index in [4.69, 9.17) is 4.99 Å². The van der Waals surface area contributed by atoms with Gasteiger partial charge in [0.25, 0.3) is 0 Å². The summed E-state index contributed by atoms with van der Waals surface area (Å²) in [6.07, 6.45) is 8.01. The van der Waals surface area contributed by atoms with Crippen molar-refractivity contribution in [2.75, 3.05) is 33.2 Å². The molecule has 2 aliphatic rings. The molecule has 2 fully saturated rings. The lowest BCUT2D eigenvalue weighted by molar-refractivity contribution is 0.139. The first-order valence-electron chi connectivity index (χ1n) is 8.41. The summed E-state index contributed by atoms with van der Waals surface area (Å²) in [5, 5.41) is 6.92. The van der Waals surface area contributed by atoms with Crippen molar-refractivity contribution in [3.05, 3.63) is 0 Å². The SMILES string of the molecule is CCNC(=NCC1(CC)CCC1)NCC1CCCN1C. The number of likely N-dealkylation sites (tertiary alicyclic amines) is 1. The van der Waals surface area contributed by atoms with Gasteiger partial charge in [-0.3, -0.25) is 4.99 Å². The van der Waals surface area contributed by atoms with Crippen LogP contribution in [0.4, 0.5) is 0 Å². The molecule has 0 amide bonds. The van der Waals surface area contributed by atoms with Gasteiger partial charge < -0.3 is 15.5 Å². The van der Waals surface area contributed by atoms with Gasteiger partial charge in [-0.15, -0.1) is 0 Å². The molecule has 1 heterocycles. The van der Waals surface area contributed by atoms with Crippen molar-refractivity contribution < 1.29 is 0 Å². The van der Waals surface area contributed by atoms with Gasteiger partial charge in [-0.1, -0.05) is 13.3 Å². The van der Waals surface area contributed by atoms with Gasteiger partial charge >= 0.3 is 0 Å². The van der Waals surface area contributed by atoms with E-state index in [1.165, 1.54) is 45.1 Å². The highest BCUT2D eigenvalue weighted by Crippen LogP contribution is 2.43. The first-order chi connectivity index (χ1) is 9.69. The van der Waals surface area contributed by atoms with E-state index >= 15 is 0 Å². The molecule has 1 saturated carbocycles. The van der Waals surface area contributed by atoms with Crippen LogP contribution in [0, 0.1) is 5.41 Å². The number of nitrogens with one attached hydrogen (secondary N) is 2. The van der Waals surface area contributed by atoms with Crippen molar-refractivity contribution in [1.29, 1.82) is 0 Å². The summed E-state index contributed by atoms with van der Waals surface area (Å²) in [4.78, 5) is 7.29. The normalized spacial score (nSPS) is 26.4. The Balaban J connectivity index is 1.82. The molecule has 2 N–H and O–H groups in total. The summed E-state index contributed by atoms with van der Waals surface area (Å²) in [5.74, 6) is 1.01. The largest absolute Gasteiger partial charge is 0.357 e. The van der Waals surface area contributed by atoms with Crippen molar-refractivity contribution >= 4 is 5.96 Å². The van der Waals surface area contributed by atoms with Crippen LogP contribution in [0.1, 0.15) is 52.4 Å². The molecule has 0 aromatic rings. The number of nitrogens with zero attached hydrogens (tertiary/aromatic N) is 2. The molecule has 4 heteroatoms. The Morgan fingerprint density at radius 2 is 2.05 bits per heavy atom. The zero-order chi connectivity index (χ0) is 14.4. The van der Waals surface area contributed by atoms with Crippen molar-refractivity contribution in [2.24, 2.45) is 10.4 Å². The summed E-state index contributed by atoms with van der Waals surface area (Å²) in [7, 11) is 2.23. The van der Waals surface area contributed by atoms with Gasteiger partial charge in [-0.05, 0) is 58.0 Å². The van der Waals surface area contributed by atoms with E-state index in [9.17, 15) is 0 Å². The van der Waals surface area contributed by atoms with E-state index in [1.54, 1.807) is 0 Å². The standard InChI is InChI=1S/C16H32N4/c1-4-16(9-7-10-16)13-19-15(17-5-2)18-12-14-8-6-11-20(14)3/h14H,4-13H2,1-3H3,(H2,17,18,19). The second-order valence-corrected chi connectivity index (χ2v) is 6.56. The smallest absolute Gasteiger partial charge is 0.191 e. The Hall–Kier alpha value is -0.770. The number of likely N-dealkylation sites (N-methyl/N-ethyl adjacent to an activating group) is 1. The Labute approximate surface area is 124 Å². The lowest BCUT2D eigenvalue weighted by Crippen LogP contribution is -2.44. The molecule has 0 aromatic carbocycles. The van der Waals surface area contributed by atoms with Gasteiger partial charge in [0.2, 0.25) is 0 Å². The van der Waals surface area contributed by atoms with E-state index < -0.39 is 0 Å². The summed E-state index contributed by atoms with van der Waals surface area (Å²) in [5.41, 5.74) is 0.506. The van der Waals surface area contributed by atoms with Crippen LogP contribution in [-0.4, -0.2) is 50.1 Å². The van der Waals surface area contributed by atoms with E-state index in [0.717, 1.165) is 25.6 Å². The summed E-state index contributed by atoms with van der Waals surface area (Å²) in [6.45, 7) is 8.62. The minimum atomic E-state index is 0.506. The lowest BCUT2D eigenvalue weighted by Gasteiger charge is -2.40. The fraction of sp³-hybridized carbons (Fsp3) is 0.938. The highest BCUT2D eigenvalue weighted by molar-refractivity contribution is 5.79. The molecule has 0 aromatic heterocycles. The molecule has 2 rings (SSSR count). The summed E-state index contributed by atoms with van der Waals surface area (Å²) in [6, 6.07) is 0.669. The number of guanidine groups is 1. The average Bonchev–Trinajstić information content (AvgIpc) is 2.80. The molecular formula is C16H32N4. The molecular weight excluding hydrogens is 248 g/mol. The zero-order valence-electron chi connectivity index (χ0n) is 13.5. The van der Waals surface area contributed by atoms with Crippen LogP contribution in [0.15, 0.2) is 4.99 Å². The first-order valence-corrected chi connectivity index (χ1v) is 8.41. The maximum Gasteiger partial charge on any atom is 0.191 e. The van der Waals surface area contributed by atoms with Crippen molar-refractivity contribution in [3.63, 3.8) is 0 Å². The molecule has 116 valence electrons. The lowest BCUT2D eigenvalue weighted by atomic mass is 9.67. The quantitative estimate of drug-likeness (QED) is 0.579. The molecule has 1 unspecified atom stereocenters. The molecule has 1 aliphatic heterocycles. The molecule has 1 saturated heterocycles. The fourth-order valence-electron chi connectivity index (χ4n) is 3.34. The first kappa shape index (κ1) is 15.6. The minimum absolute atomic E-state index is 0.506. The van der Waals surface area contributed by atoms with E-state index in [0.29, 0.717) is 11.5 Å². The van der Waals surface area contributed by atoms with Crippen LogP contribution in [0.25, 0.3) is 0 Å². The van der Waals surface area contributed by atoms with E-state index in [1.807, 2.05) is 0 Å². The van der Waals surface area contributed by atoms with Gasteiger partial charge in [0, 0.05) is 25.7 Å². The predicted octanol–water partition coefficient (Wildman–Crippen LogP) is 2.22. The second-order valence-electron chi connectivity index (χ2n) is 6.56. The molecule has 1 atom stereocenters. The van der Waals surface area contributed by atoms with E-state index in [2.05, 4.69) is 36.4 Å². The number of hydrogen-bond donors (Lipinski definition) is 2. The van der Waals surface area contributed by atoms with Crippen LogP contribution in [-0.2, 0) is 0 Å². The number of aliphatic imine (C=N–C) groups is 1. The Morgan fingerprint density at radius 3 is 2.55 bits per heavy atom. The van der Waals surface area contributed by atoms with Gasteiger partial charge in [-0.25, -0.2) is 0 Å². The Kier molecular flexibility index (Phi) is 5.70. The van der Waals surface area contributed by atoms with Crippen molar-refractivity contribution in [3.8, 4) is 0 Å². The summed E-state index contributed by atoms with van der Waals surface area (Å²) >= 11 is 0. The topological polar surface area (TPSA) is 39.7 Å². The Bertz CT molecular complexity index is 317. The molecule has 0 spiro atoms. The highest BCUT2D eigenvalue weighted by Gasteiger charge is 2.34. The maximum atomic E-state index is 4.84. The van der Waals surface area contributed by atoms with Crippen molar-refractivity contribution in [2.45, 2.75) is 58.4 Å². The predicted molar refractivity (Wildman–Crippen MR) is 86.2 cm³/mol. The van der Waals surface area contributed by atoms with Gasteiger partial charge in [0.15, 0.2) is 5.96 Å². The highest BCUT2D eigenvalue weighted by atomic mass is 15.2. The molecule has 0 radical (unpaired) electrons. The molecule has 1 aliphatic carbocycles. The number of hydrogen-bond acceptors (Lipinski definition) is 2. The van der Waals surface area contributed by atoms with Crippen LogP contribution < -0.4 is 10.6 Å². The van der Waals surface area contributed by atoms with Crippen LogP contribution in [0.5, 0.6) is 0 Å². The molecule has 20 heavy (non-hydrogen) atoms. The van der Waals surface area contributed by atoms with Crippen LogP contribution in [0.2, 0.25) is 0 Å². The van der Waals surface area contributed by atoms with Crippen LogP contribution >= 0.6 is 0 Å². The van der Waals surface area contributed by atoms with Gasteiger partial charge in [0.05, 0.1) is 0 Å². The third-order valence-electron chi connectivity index (χ3n) is 5.26. The monoisotopic (exact) mass is 280 g/mol. The van der Waals surface area contributed by atoms with Crippen molar-refractivity contribution in [1.82, 2.24) is 15.5 Å². The summed E-state index contributed by atoms with van der Waals surface area (Å²) < 4.78 is 0. The molecule has 4 nitrogen and oxygen atoms in total. The van der Waals surface area contributed by atoms with Gasteiger partial charge in [-0.2, -0.15) is 0 Å². The molecule has 0 bridgehead atoms. The third kappa shape index (κ3) is 3.87. The average molecular weight is 280 g/mol. The minimum Gasteiger partial charge on any atom is -0.357 e. The van der Waals surface area contributed by atoms with Gasteiger partial charge in [0.1, 0.15) is 0 Å². The Morgan fingerprint density at radius 1 is 1.25 bits per heavy atom.